The molecule has 0 aromatic heterocycles. The topological polar surface area (TPSA) is 61.9 Å². The highest BCUT2D eigenvalue weighted by Crippen LogP contribution is 2.45. The van der Waals surface area contributed by atoms with Gasteiger partial charge in [-0.3, -0.25) is 4.79 Å². The van der Waals surface area contributed by atoms with E-state index in [-0.39, 0.29) is 17.8 Å². The van der Waals surface area contributed by atoms with E-state index in [0.717, 1.165) is 5.69 Å². The molecule has 1 N–H and O–H groups in total. The lowest BCUT2D eigenvalue weighted by molar-refractivity contribution is -0.155. The maximum absolute atomic E-state index is 12.4. The summed E-state index contributed by atoms with van der Waals surface area (Å²) in [5, 5.41) is 4.15. The fraction of sp³-hybridized carbons (Fsp3) is 0.533. The fourth-order valence-corrected chi connectivity index (χ4v) is 5.66. The molecule has 1 aliphatic heterocycles. The summed E-state index contributed by atoms with van der Waals surface area (Å²) in [5.41, 5.74) is 2.05. The molecule has 1 aliphatic carbocycles. The van der Waals surface area contributed by atoms with E-state index < -0.39 is 12.1 Å². The van der Waals surface area contributed by atoms with Crippen LogP contribution in [0.25, 0.3) is 0 Å². The van der Waals surface area contributed by atoms with Crippen molar-refractivity contribution in [1.29, 1.82) is 0 Å². The number of nitrogens with zero attached hydrogens (tertiary/aromatic N) is 2. The average molecular weight is 582 g/mol. The van der Waals surface area contributed by atoms with Crippen molar-refractivity contribution < 1.29 is 27.5 Å². The van der Waals surface area contributed by atoms with Crippen molar-refractivity contribution in [3.05, 3.63) is 58.6 Å². The van der Waals surface area contributed by atoms with Crippen LogP contribution in [0, 0.1) is 5.41 Å². The standard InChI is InChI=1S/C20H30ClN3O.C10H9F3O2/c1-23(2)19(25)17-5-4-16(14-18(17)21)22-15-6-8-20(9-7-15)10-12-24(3)13-11-20;1-15-8-4-2-3-7(5-8)9(6-14)10(11,12)13/h4-5,14-15,22H,6-13H2,1-3H3;2-6,9H,1H3. The van der Waals surface area contributed by atoms with Crippen LogP contribution >= 0.6 is 11.6 Å². The third-order valence-electron chi connectivity index (χ3n) is 8.01. The SMILES string of the molecule is CN1CCC2(CCC(Nc3ccc(C(=O)N(C)C)c(Cl)c3)CC2)CC1.COc1cccc(C(C=O)C(F)(F)F)c1. The molecule has 40 heavy (non-hydrogen) atoms. The maximum atomic E-state index is 12.4. The molecule has 1 unspecified atom stereocenters. The number of likely N-dealkylation sites (tertiary alicyclic amines) is 1. The Balaban J connectivity index is 0.000000252. The minimum Gasteiger partial charge on any atom is -0.497 e. The van der Waals surface area contributed by atoms with Crippen LogP contribution in [-0.4, -0.2) is 75.6 Å². The largest absolute Gasteiger partial charge is 0.497 e. The zero-order valence-corrected chi connectivity index (χ0v) is 24.3. The van der Waals surface area contributed by atoms with Gasteiger partial charge in [-0.1, -0.05) is 23.7 Å². The van der Waals surface area contributed by atoms with Gasteiger partial charge in [0.25, 0.3) is 5.91 Å². The second kappa shape index (κ2) is 13.7. The van der Waals surface area contributed by atoms with Crippen molar-refractivity contribution >= 4 is 29.5 Å². The first-order valence-corrected chi connectivity index (χ1v) is 13.9. The van der Waals surface area contributed by atoms with Gasteiger partial charge in [-0.2, -0.15) is 13.2 Å². The monoisotopic (exact) mass is 581 g/mol. The van der Waals surface area contributed by atoms with Crippen LogP contribution in [0.1, 0.15) is 60.4 Å². The molecule has 1 atom stereocenters. The highest BCUT2D eigenvalue weighted by Gasteiger charge is 2.41. The third kappa shape index (κ3) is 8.36. The zero-order chi connectivity index (χ0) is 29.5. The Kier molecular flexibility index (Phi) is 10.9. The van der Waals surface area contributed by atoms with E-state index in [2.05, 4.69) is 17.3 Å². The predicted octanol–water partition coefficient (Wildman–Crippen LogP) is 6.65. The minimum atomic E-state index is -4.56. The number of hydrogen-bond donors (Lipinski definition) is 1. The van der Waals surface area contributed by atoms with Crippen LogP contribution in [0.2, 0.25) is 5.02 Å². The van der Waals surface area contributed by atoms with Gasteiger partial charge in [-0.15, -0.1) is 0 Å². The Morgan fingerprint density at radius 3 is 2.30 bits per heavy atom. The van der Waals surface area contributed by atoms with Gasteiger partial charge in [0.15, 0.2) is 0 Å². The Morgan fingerprint density at radius 2 is 1.77 bits per heavy atom. The second-order valence-electron chi connectivity index (χ2n) is 11.0. The molecular weight excluding hydrogens is 543 g/mol. The summed E-state index contributed by atoms with van der Waals surface area (Å²) in [6.45, 7) is 2.49. The predicted molar refractivity (Wildman–Crippen MR) is 152 cm³/mol. The number of halogens is 4. The van der Waals surface area contributed by atoms with Crippen molar-refractivity contribution in [2.75, 3.05) is 46.7 Å². The molecule has 0 bridgehead atoms. The molecule has 2 aromatic rings. The number of alkyl halides is 3. The number of aldehydes is 1. The first-order chi connectivity index (χ1) is 18.9. The first kappa shape index (κ1) is 31.7. The smallest absolute Gasteiger partial charge is 0.402 e. The van der Waals surface area contributed by atoms with Gasteiger partial charge >= 0.3 is 6.18 Å². The van der Waals surface area contributed by atoms with Crippen molar-refractivity contribution in [3.8, 4) is 5.75 Å². The number of amides is 1. The van der Waals surface area contributed by atoms with Crippen molar-refractivity contribution in [3.63, 3.8) is 0 Å². The van der Waals surface area contributed by atoms with Gasteiger partial charge in [-0.05, 0) is 100.0 Å². The van der Waals surface area contributed by atoms with Gasteiger partial charge < -0.3 is 24.6 Å². The van der Waals surface area contributed by atoms with Gasteiger partial charge in [0, 0.05) is 25.8 Å². The van der Waals surface area contributed by atoms with E-state index in [4.69, 9.17) is 16.3 Å². The van der Waals surface area contributed by atoms with Gasteiger partial charge in [0.1, 0.15) is 18.0 Å². The Morgan fingerprint density at radius 1 is 1.12 bits per heavy atom. The summed E-state index contributed by atoms with van der Waals surface area (Å²) in [6.07, 6.45) is 3.11. The molecule has 2 aromatic carbocycles. The lowest BCUT2D eigenvalue weighted by Crippen LogP contribution is -2.42. The summed E-state index contributed by atoms with van der Waals surface area (Å²) in [5.74, 6) is -1.85. The summed E-state index contributed by atoms with van der Waals surface area (Å²) < 4.78 is 41.9. The number of rotatable bonds is 6. The molecule has 10 heteroatoms. The molecule has 220 valence electrons. The first-order valence-electron chi connectivity index (χ1n) is 13.5. The number of carbonyl (C=O) groups is 2. The molecule has 6 nitrogen and oxygen atoms in total. The van der Waals surface area contributed by atoms with E-state index in [9.17, 15) is 22.8 Å². The van der Waals surface area contributed by atoms with E-state index in [0.29, 0.717) is 27.8 Å². The molecular formula is C30H39ClF3N3O3. The van der Waals surface area contributed by atoms with Crippen molar-refractivity contribution in [2.45, 2.75) is 56.7 Å². The van der Waals surface area contributed by atoms with Crippen LogP contribution in [0.15, 0.2) is 42.5 Å². The van der Waals surface area contributed by atoms with E-state index in [1.54, 1.807) is 19.0 Å². The fourth-order valence-electron chi connectivity index (χ4n) is 5.40. The van der Waals surface area contributed by atoms with Crippen LogP contribution < -0.4 is 10.1 Å². The summed E-state index contributed by atoms with van der Waals surface area (Å²) in [7, 11) is 7.06. The molecule has 1 spiro atoms. The number of ether oxygens (including phenoxy) is 1. The molecule has 1 saturated heterocycles. The number of benzene rings is 2. The normalized spacial score (nSPS) is 18.3. The second-order valence-corrected chi connectivity index (χ2v) is 11.5. The van der Waals surface area contributed by atoms with Gasteiger partial charge in [0.2, 0.25) is 0 Å². The Labute approximate surface area is 239 Å². The lowest BCUT2D eigenvalue weighted by Gasteiger charge is -2.45. The van der Waals surface area contributed by atoms with Gasteiger partial charge in [-0.25, -0.2) is 0 Å². The van der Waals surface area contributed by atoms with Crippen LogP contribution in [0.5, 0.6) is 5.75 Å². The highest BCUT2D eigenvalue weighted by atomic mass is 35.5. The van der Waals surface area contributed by atoms with Gasteiger partial charge in [0.05, 0.1) is 17.7 Å². The molecule has 2 fully saturated rings. The third-order valence-corrected chi connectivity index (χ3v) is 8.32. The summed E-state index contributed by atoms with van der Waals surface area (Å²) in [4.78, 5) is 26.5. The van der Waals surface area contributed by atoms with Crippen LogP contribution in [0.4, 0.5) is 18.9 Å². The van der Waals surface area contributed by atoms with E-state index >= 15 is 0 Å². The van der Waals surface area contributed by atoms with Crippen molar-refractivity contribution in [2.24, 2.45) is 5.41 Å². The number of nitrogens with one attached hydrogen (secondary N) is 1. The number of carbonyl (C=O) groups excluding carboxylic acids is 2. The number of anilines is 1. The zero-order valence-electron chi connectivity index (χ0n) is 23.6. The van der Waals surface area contributed by atoms with Crippen LogP contribution in [0.3, 0.4) is 0 Å². The van der Waals surface area contributed by atoms with Crippen LogP contribution in [-0.2, 0) is 4.79 Å². The molecule has 2 aliphatic rings. The number of methoxy groups -OCH3 is 1. The quantitative estimate of drug-likeness (QED) is 0.387. The molecule has 4 rings (SSSR count). The molecule has 0 radical (unpaired) electrons. The summed E-state index contributed by atoms with van der Waals surface area (Å²) in [6, 6.07) is 11.6. The number of hydrogen-bond acceptors (Lipinski definition) is 5. The molecule has 1 saturated carbocycles. The molecule has 1 heterocycles. The number of piperidine rings is 1. The summed E-state index contributed by atoms with van der Waals surface area (Å²) >= 11 is 6.32. The Hall–Kier alpha value is -2.78. The van der Waals surface area contributed by atoms with E-state index in [1.807, 2.05) is 18.2 Å². The maximum Gasteiger partial charge on any atom is 0.402 e. The lowest BCUT2D eigenvalue weighted by atomic mass is 9.67. The highest BCUT2D eigenvalue weighted by molar-refractivity contribution is 6.34. The minimum absolute atomic E-state index is 0.0570. The average Bonchev–Trinajstić information content (AvgIpc) is 2.91. The molecule has 1 amide bonds. The van der Waals surface area contributed by atoms with Crippen molar-refractivity contribution in [1.82, 2.24) is 9.80 Å². The van der Waals surface area contributed by atoms with E-state index in [1.165, 1.54) is 83.0 Å². The Bertz CT molecular complexity index is 1140.